The first kappa shape index (κ1) is 33.0. The largest absolute Gasteiger partial charge is 0.457 e. The minimum Gasteiger partial charge on any atom is -0.457 e. The van der Waals surface area contributed by atoms with E-state index in [9.17, 15) is 9.59 Å². The lowest BCUT2D eigenvalue weighted by Crippen LogP contribution is -2.34. The average Bonchev–Trinajstić information content (AvgIpc) is 3.87. The minimum absolute atomic E-state index is 0.0186. The van der Waals surface area contributed by atoms with Crippen LogP contribution in [0.5, 0.6) is 0 Å². The summed E-state index contributed by atoms with van der Waals surface area (Å²) in [6.45, 7) is 4.73. The second-order valence-corrected chi connectivity index (χ2v) is 12.3. The third-order valence-electron chi connectivity index (χ3n) is 9.13. The van der Waals surface area contributed by atoms with Crippen LogP contribution in [-0.2, 0) is 30.8 Å². The van der Waals surface area contributed by atoms with Crippen molar-refractivity contribution in [3.05, 3.63) is 83.9 Å². The quantitative estimate of drug-likeness (QED) is 0.154. The Morgan fingerprint density at radius 1 is 0.920 bits per heavy atom. The fourth-order valence-electron chi connectivity index (χ4n) is 6.72. The van der Waals surface area contributed by atoms with Gasteiger partial charge in [0.05, 0.1) is 13.4 Å². The maximum atomic E-state index is 11.7. The van der Waals surface area contributed by atoms with Crippen molar-refractivity contribution in [1.29, 1.82) is 0 Å². The van der Waals surface area contributed by atoms with Crippen molar-refractivity contribution in [1.82, 2.24) is 44.6 Å². The lowest BCUT2D eigenvalue weighted by Gasteiger charge is -2.26. The Bertz CT molecular complexity index is 1830. The molecule has 5 aromatic rings. The van der Waals surface area contributed by atoms with Crippen LogP contribution in [0.25, 0.3) is 11.2 Å². The van der Waals surface area contributed by atoms with Crippen LogP contribution < -0.4 is 10.6 Å². The molecule has 4 atom stereocenters. The molecule has 16 nitrogen and oxygen atoms in total. The van der Waals surface area contributed by atoms with E-state index in [1.807, 2.05) is 36.4 Å². The molecule has 0 unspecified atom stereocenters. The zero-order valence-electron chi connectivity index (χ0n) is 27.6. The van der Waals surface area contributed by atoms with Gasteiger partial charge in [-0.2, -0.15) is 14.8 Å². The summed E-state index contributed by atoms with van der Waals surface area (Å²) in [6.07, 6.45) is 1.07. The number of carbonyl (C=O) groups is 2. The monoisotopic (exact) mass is 681 g/mol. The van der Waals surface area contributed by atoms with Gasteiger partial charge >= 0.3 is 0 Å². The molecular weight excluding hydrogens is 642 g/mol. The number of carbonyl (C=O) groups excluding carboxylic acids is 2. The predicted molar refractivity (Wildman–Crippen MR) is 181 cm³/mol. The lowest BCUT2D eigenvalue weighted by molar-refractivity contribution is -0.151. The molecule has 7 rings (SSSR count). The highest BCUT2D eigenvalue weighted by atomic mass is 16.6. The molecule has 50 heavy (non-hydrogen) atoms. The number of aromatic nitrogens is 8. The van der Waals surface area contributed by atoms with E-state index >= 15 is 0 Å². The van der Waals surface area contributed by atoms with Crippen molar-refractivity contribution >= 4 is 35.9 Å². The van der Waals surface area contributed by atoms with Crippen molar-refractivity contribution in [2.45, 2.75) is 49.7 Å². The topological polar surface area (TPSA) is 176 Å². The molecule has 0 spiro atoms. The van der Waals surface area contributed by atoms with E-state index in [-0.39, 0.29) is 24.7 Å². The van der Waals surface area contributed by atoms with Gasteiger partial charge in [0.25, 0.3) is 12.9 Å². The van der Waals surface area contributed by atoms with Crippen LogP contribution in [-0.4, -0.2) is 103 Å². The summed E-state index contributed by atoms with van der Waals surface area (Å²) in [4.78, 5) is 41.5. The molecule has 0 amide bonds. The Morgan fingerprint density at radius 3 is 2.28 bits per heavy atom. The predicted octanol–water partition coefficient (Wildman–Crippen LogP) is 2.84. The highest BCUT2D eigenvalue weighted by Gasteiger charge is 2.52. The number of fused-ring (bicyclic) bond motifs is 1. The number of likely N-dealkylation sites (tertiary alicyclic amines) is 1. The van der Waals surface area contributed by atoms with Crippen molar-refractivity contribution in [3.8, 4) is 0 Å². The van der Waals surface area contributed by atoms with E-state index in [2.05, 4.69) is 55.2 Å². The number of rotatable bonds is 15. The van der Waals surface area contributed by atoms with E-state index in [1.165, 1.54) is 24.1 Å². The van der Waals surface area contributed by atoms with Crippen molar-refractivity contribution < 1.29 is 23.8 Å². The molecule has 0 bridgehead atoms. The second kappa shape index (κ2) is 15.4. The number of hydrogen-bond acceptors (Lipinski definition) is 14. The molecule has 2 N–H and O–H groups in total. The van der Waals surface area contributed by atoms with Crippen LogP contribution in [0, 0.1) is 0 Å². The van der Waals surface area contributed by atoms with Crippen molar-refractivity contribution in [3.63, 3.8) is 0 Å². The van der Waals surface area contributed by atoms with Crippen LogP contribution in [0.4, 0.5) is 11.8 Å². The van der Waals surface area contributed by atoms with Gasteiger partial charge in [-0.3, -0.25) is 14.2 Å². The van der Waals surface area contributed by atoms with Gasteiger partial charge in [0.15, 0.2) is 41.5 Å². The summed E-state index contributed by atoms with van der Waals surface area (Å²) in [5.74, 6) is 1.10. The van der Waals surface area contributed by atoms with Gasteiger partial charge in [-0.15, -0.1) is 10.2 Å². The highest BCUT2D eigenvalue weighted by Crippen LogP contribution is 2.42. The molecule has 0 radical (unpaired) electrons. The van der Waals surface area contributed by atoms with Crippen molar-refractivity contribution in [2.24, 2.45) is 7.05 Å². The van der Waals surface area contributed by atoms with Gasteiger partial charge in [-0.1, -0.05) is 67.1 Å². The molecule has 260 valence electrons. The number of ether oxygens (including phenoxy) is 3. The lowest BCUT2D eigenvalue weighted by atomic mass is 9.91. The molecule has 0 saturated carbocycles. The molecular formula is C34H39N11O5. The maximum Gasteiger partial charge on any atom is 0.293 e. The first-order valence-corrected chi connectivity index (χ1v) is 16.7. The van der Waals surface area contributed by atoms with Gasteiger partial charge < -0.3 is 29.7 Å². The highest BCUT2D eigenvalue weighted by molar-refractivity contribution is 5.84. The third kappa shape index (κ3) is 7.11. The zero-order valence-corrected chi connectivity index (χ0v) is 27.6. The summed E-state index contributed by atoms with van der Waals surface area (Å²) in [7, 11) is 1.60. The summed E-state index contributed by atoms with van der Waals surface area (Å²) < 4.78 is 18.9. The molecule has 2 aliphatic heterocycles. The van der Waals surface area contributed by atoms with Crippen LogP contribution in [0.2, 0.25) is 0 Å². The van der Waals surface area contributed by atoms with Crippen LogP contribution in [0.3, 0.4) is 0 Å². The summed E-state index contributed by atoms with van der Waals surface area (Å²) in [5.41, 5.74) is 3.20. The molecule has 3 aromatic heterocycles. The molecule has 2 fully saturated rings. The number of nitrogens with one attached hydrogen (secondary N) is 2. The Balaban J connectivity index is 1.24. The molecule has 2 aromatic carbocycles. The Morgan fingerprint density at radius 2 is 1.62 bits per heavy atom. The first-order chi connectivity index (χ1) is 24.6. The molecule has 16 heteroatoms. The van der Waals surface area contributed by atoms with E-state index in [0.29, 0.717) is 36.0 Å². The number of aryl methyl sites for hydroxylation is 1. The smallest absolute Gasteiger partial charge is 0.293 e. The number of nitrogens with zero attached hydrogens (tertiary/aromatic N) is 9. The van der Waals surface area contributed by atoms with E-state index in [1.54, 1.807) is 17.9 Å². The zero-order chi connectivity index (χ0) is 34.3. The molecule has 2 aliphatic rings. The van der Waals surface area contributed by atoms with Gasteiger partial charge in [0.2, 0.25) is 11.8 Å². The summed E-state index contributed by atoms with van der Waals surface area (Å²) >= 11 is 0. The Kier molecular flexibility index (Phi) is 10.2. The Hall–Kier alpha value is -5.48. The maximum absolute atomic E-state index is 11.7. The van der Waals surface area contributed by atoms with Crippen molar-refractivity contribution in [2.75, 3.05) is 43.4 Å². The Labute approximate surface area is 288 Å². The molecule has 2 saturated heterocycles. The number of imidazole rings is 1. The SMILES string of the molecule is Cn1nnc([C@H]2O[C@@H](n3cnc4c(NCC(c5ccccc5)c5ccccc5)nc(NCCN5CCCCC5)nc43)[C@H](OC=O)[C@@H]2OC=O)n1. The number of tetrazole rings is 1. The van der Waals surface area contributed by atoms with Gasteiger partial charge in [0.1, 0.15) is 0 Å². The van der Waals surface area contributed by atoms with Gasteiger partial charge in [0, 0.05) is 25.6 Å². The fourth-order valence-corrected chi connectivity index (χ4v) is 6.72. The number of benzene rings is 2. The summed E-state index contributed by atoms with van der Waals surface area (Å²) in [6, 6.07) is 20.6. The van der Waals surface area contributed by atoms with Crippen LogP contribution >= 0.6 is 0 Å². The molecule has 0 aliphatic carbocycles. The van der Waals surface area contributed by atoms with Gasteiger partial charge in [-0.05, 0) is 42.3 Å². The number of piperidine rings is 1. The first-order valence-electron chi connectivity index (χ1n) is 16.7. The van der Waals surface area contributed by atoms with E-state index in [0.717, 1.165) is 30.8 Å². The minimum atomic E-state index is -1.08. The number of anilines is 2. The second-order valence-electron chi connectivity index (χ2n) is 12.3. The average molecular weight is 682 g/mol. The normalized spacial score (nSPS) is 20.9. The van der Waals surface area contributed by atoms with Gasteiger partial charge in [-0.25, -0.2) is 4.98 Å². The van der Waals surface area contributed by atoms with E-state index in [4.69, 9.17) is 29.2 Å². The number of hydrogen-bond donors (Lipinski definition) is 2. The van der Waals surface area contributed by atoms with Crippen LogP contribution in [0.15, 0.2) is 67.0 Å². The standard InChI is InChI=1S/C34H39N11O5/c1-43-41-31(40-42-43)28-27(48-21-46)29(49-22-47)33(50-28)45-20-37-26-30(38-34(39-32(26)45)35-15-18-44-16-9-4-10-17-44)36-19-25(23-11-5-2-6-12-23)24-13-7-3-8-14-24/h2-3,5-8,11-14,20-22,25,27-29,33H,4,9-10,15-19H2,1H3,(H2,35,36,38,39)/t27-,28+,29-,33-/m1/s1. The summed E-state index contributed by atoms with van der Waals surface area (Å²) in [5, 5.41) is 19.2. The van der Waals surface area contributed by atoms with E-state index < -0.39 is 24.5 Å². The fraction of sp³-hybridized carbons (Fsp3) is 0.412. The third-order valence-corrected chi connectivity index (χ3v) is 9.13. The molecule has 5 heterocycles. The van der Waals surface area contributed by atoms with Crippen LogP contribution in [0.1, 0.15) is 54.5 Å².